The summed E-state index contributed by atoms with van der Waals surface area (Å²) in [5.74, 6) is -1.21. The van der Waals surface area contributed by atoms with Crippen LogP contribution >= 0.6 is 0 Å². The second-order valence-corrected chi connectivity index (χ2v) is 3.10. The number of phenols is 1. The highest BCUT2D eigenvalue weighted by atomic mass is 19.1. The second-order valence-electron chi connectivity index (χ2n) is 3.10. The van der Waals surface area contributed by atoms with Gasteiger partial charge in [-0.2, -0.15) is 5.10 Å². The number of aromatic hydroxyl groups is 1. The first-order valence-corrected chi connectivity index (χ1v) is 4.45. The SMILES string of the molecule is O=C(Nc1cc(F)ccc1O)c1cn[nH]c1. The molecule has 2 rings (SSSR count). The first-order chi connectivity index (χ1) is 7.66. The van der Waals surface area contributed by atoms with E-state index in [9.17, 15) is 14.3 Å². The number of rotatable bonds is 2. The number of amides is 1. The fourth-order valence-electron chi connectivity index (χ4n) is 1.18. The van der Waals surface area contributed by atoms with Gasteiger partial charge >= 0.3 is 0 Å². The predicted octanol–water partition coefficient (Wildman–Crippen LogP) is 1.51. The maximum Gasteiger partial charge on any atom is 0.258 e. The molecule has 3 N–H and O–H groups in total. The lowest BCUT2D eigenvalue weighted by atomic mass is 10.2. The highest BCUT2D eigenvalue weighted by Gasteiger charge is 2.10. The van der Waals surface area contributed by atoms with E-state index in [-0.39, 0.29) is 11.4 Å². The molecule has 0 atom stereocenters. The number of hydrogen-bond donors (Lipinski definition) is 3. The van der Waals surface area contributed by atoms with Gasteiger partial charge in [-0.3, -0.25) is 9.89 Å². The van der Waals surface area contributed by atoms with E-state index in [0.717, 1.165) is 12.1 Å². The number of nitrogens with one attached hydrogen (secondary N) is 2. The van der Waals surface area contributed by atoms with Crippen LogP contribution in [0.1, 0.15) is 10.4 Å². The Kier molecular flexibility index (Phi) is 2.55. The van der Waals surface area contributed by atoms with Crippen LogP contribution in [-0.4, -0.2) is 21.2 Å². The molecule has 0 radical (unpaired) electrons. The predicted molar refractivity (Wildman–Crippen MR) is 54.6 cm³/mol. The molecule has 0 saturated heterocycles. The third-order valence-corrected chi connectivity index (χ3v) is 1.97. The Bertz CT molecular complexity index is 511. The van der Waals surface area contributed by atoms with E-state index >= 15 is 0 Å². The Balaban J connectivity index is 2.21. The third-order valence-electron chi connectivity index (χ3n) is 1.97. The van der Waals surface area contributed by atoms with Crippen LogP contribution in [0.3, 0.4) is 0 Å². The van der Waals surface area contributed by atoms with Gasteiger partial charge in [-0.25, -0.2) is 4.39 Å². The lowest BCUT2D eigenvalue weighted by molar-refractivity contribution is 0.102. The van der Waals surface area contributed by atoms with Crippen LogP contribution in [0.5, 0.6) is 5.75 Å². The number of carbonyl (C=O) groups is 1. The molecule has 0 fully saturated rings. The molecule has 1 aromatic carbocycles. The van der Waals surface area contributed by atoms with E-state index in [0.29, 0.717) is 5.56 Å². The van der Waals surface area contributed by atoms with E-state index in [1.807, 2.05) is 0 Å². The van der Waals surface area contributed by atoms with Gasteiger partial charge in [-0.15, -0.1) is 0 Å². The van der Waals surface area contributed by atoms with Crippen molar-refractivity contribution < 1.29 is 14.3 Å². The summed E-state index contributed by atoms with van der Waals surface area (Å²) in [7, 11) is 0. The topological polar surface area (TPSA) is 78.0 Å². The molecule has 0 aliphatic heterocycles. The van der Waals surface area contributed by atoms with Crippen molar-refractivity contribution in [3.05, 3.63) is 42.0 Å². The number of aromatic amines is 1. The zero-order valence-electron chi connectivity index (χ0n) is 8.07. The molecule has 0 aliphatic carbocycles. The molecular formula is C10H8FN3O2. The summed E-state index contributed by atoms with van der Waals surface area (Å²) >= 11 is 0. The van der Waals surface area contributed by atoms with E-state index in [2.05, 4.69) is 15.5 Å². The van der Waals surface area contributed by atoms with Crippen LogP contribution in [0, 0.1) is 5.82 Å². The molecule has 0 saturated carbocycles. The van der Waals surface area contributed by atoms with E-state index in [1.165, 1.54) is 18.5 Å². The largest absolute Gasteiger partial charge is 0.506 e. The second kappa shape index (κ2) is 4.01. The highest BCUT2D eigenvalue weighted by Crippen LogP contribution is 2.23. The van der Waals surface area contributed by atoms with Gasteiger partial charge in [0.1, 0.15) is 11.6 Å². The number of nitrogens with zero attached hydrogens (tertiary/aromatic N) is 1. The first kappa shape index (κ1) is 10.2. The number of carbonyl (C=O) groups excluding carboxylic acids is 1. The fraction of sp³-hybridized carbons (Fsp3) is 0. The van der Waals surface area contributed by atoms with E-state index in [4.69, 9.17) is 0 Å². The van der Waals surface area contributed by atoms with Gasteiger partial charge in [0.05, 0.1) is 17.4 Å². The molecule has 2 aromatic rings. The lowest BCUT2D eigenvalue weighted by Gasteiger charge is -2.05. The number of benzene rings is 1. The maximum atomic E-state index is 12.9. The van der Waals surface area contributed by atoms with Gasteiger partial charge in [0.15, 0.2) is 0 Å². The average molecular weight is 221 g/mol. The number of hydrogen-bond acceptors (Lipinski definition) is 3. The first-order valence-electron chi connectivity index (χ1n) is 4.45. The summed E-state index contributed by atoms with van der Waals surface area (Å²) in [6.07, 6.45) is 2.72. The van der Waals surface area contributed by atoms with Crippen molar-refractivity contribution in [2.75, 3.05) is 5.32 Å². The monoisotopic (exact) mass is 221 g/mol. The van der Waals surface area contributed by atoms with Crippen molar-refractivity contribution in [3.63, 3.8) is 0 Å². The third kappa shape index (κ3) is 2.00. The molecule has 16 heavy (non-hydrogen) atoms. The smallest absolute Gasteiger partial charge is 0.258 e. The molecule has 1 aromatic heterocycles. The lowest BCUT2D eigenvalue weighted by Crippen LogP contribution is -2.11. The van der Waals surface area contributed by atoms with Crippen molar-refractivity contribution >= 4 is 11.6 Å². The maximum absolute atomic E-state index is 12.9. The van der Waals surface area contributed by atoms with Crippen LogP contribution in [0.4, 0.5) is 10.1 Å². The molecule has 0 spiro atoms. The molecule has 6 heteroatoms. The summed E-state index contributed by atoms with van der Waals surface area (Å²) < 4.78 is 12.9. The van der Waals surface area contributed by atoms with Crippen molar-refractivity contribution in [2.45, 2.75) is 0 Å². The summed E-state index contributed by atoms with van der Waals surface area (Å²) in [5, 5.41) is 17.8. The minimum Gasteiger partial charge on any atom is -0.506 e. The highest BCUT2D eigenvalue weighted by molar-refractivity contribution is 6.04. The molecule has 5 nitrogen and oxygen atoms in total. The van der Waals surface area contributed by atoms with E-state index < -0.39 is 11.7 Å². The minimum atomic E-state index is -0.541. The Morgan fingerprint density at radius 3 is 3.00 bits per heavy atom. The Hall–Kier alpha value is -2.37. The molecule has 0 bridgehead atoms. The zero-order valence-corrected chi connectivity index (χ0v) is 8.07. The number of phenolic OH excluding ortho intramolecular Hbond substituents is 1. The number of halogens is 1. The molecule has 0 aliphatic rings. The quantitative estimate of drug-likeness (QED) is 0.672. The van der Waals surface area contributed by atoms with Crippen LogP contribution < -0.4 is 5.32 Å². The van der Waals surface area contributed by atoms with Crippen molar-refractivity contribution in [1.82, 2.24) is 10.2 Å². The number of H-pyrrole nitrogens is 1. The molecule has 0 unspecified atom stereocenters. The van der Waals surface area contributed by atoms with Crippen molar-refractivity contribution in [1.29, 1.82) is 0 Å². The van der Waals surface area contributed by atoms with Crippen LogP contribution in [0.15, 0.2) is 30.6 Å². The van der Waals surface area contributed by atoms with Crippen LogP contribution in [-0.2, 0) is 0 Å². The van der Waals surface area contributed by atoms with Crippen molar-refractivity contribution in [2.24, 2.45) is 0 Å². The number of anilines is 1. The van der Waals surface area contributed by atoms with Gasteiger partial charge < -0.3 is 10.4 Å². The summed E-state index contributed by atoms with van der Waals surface area (Å²) in [6, 6.07) is 3.30. The zero-order chi connectivity index (χ0) is 11.5. The summed E-state index contributed by atoms with van der Waals surface area (Å²) in [6.45, 7) is 0. The van der Waals surface area contributed by atoms with Gasteiger partial charge in [-0.1, -0.05) is 0 Å². The van der Waals surface area contributed by atoms with Crippen molar-refractivity contribution in [3.8, 4) is 5.75 Å². The molecule has 82 valence electrons. The summed E-state index contributed by atoms with van der Waals surface area (Å²) in [4.78, 5) is 11.5. The Morgan fingerprint density at radius 1 is 1.50 bits per heavy atom. The Labute approximate surface area is 89.9 Å². The number of aromatic nitrogens is 2. The van der Waals surface area contributed by atoms with Gasteiger partial charge in [0, 0.05) is 12.3 Å². The minimum absolute atomic E-state index is 0.0196. The fourth-order valence-corrected chi connectivity index (χ4v) is 1.18. The van der Waals surface area contributed by atoms with Gasteiger partial charge in [-0.05, 0) is 12.1 Å². The normalized spacial score (nSPS) is 10.1. The van der Waals surface area contributed by atoms with Gasteiger partial charge in [0.25, 0.3) is 5.91 Å². The van der Waals surface area contributed by atoms with Crippen LogP contribution in [0.2, 0.25) is 0 Å². The van der Waals surface area contributed by atoms with Crippen LogP contribution in [0.25, 0.3) is 0 Å². The molecule has 1 amide bonds. The standard InChI is InChI=1S/C10H8FN3O2/c11-7-1-2-9(15)8(3-7)14-10(16)6-4-12-13-5-6/h1-5,15H,(H,12,13)(H,14,16). The molecule has 1 heterocycles. The van der Waals surface area contributed by atoms with E-state index in [1.54, 1.807) is 0 Å². The van der Waals surface area contributed by atoms with Gasteiger partial charge in [0.2, 0.25) is 0 Å². The Morgan fingerprint density at radius 2 is 2.31 bits per heavy atom. The average Bonchev–Trinajstić information content (AvgIpc) is 2.76. The molecular weight excluding hydrogens is 213 g/mol. The summed E-state index contributed by atoms with van der Waals surface area (Å²) in [5.41, 5.74) is 0.315.